The monoisotopic (exact) mass is 422 g/mol. The Bertz CT molecular complexity index is 995. The molecule has 0 aliphatic carbocycles. The molecule has 5 nitrogen and oxygen atoms in total. The minimum absolute atomic E-state index is 0.0261. The summed E-state index contributed by atoms with van der Waals surface area (Å²) in [6, 6.07) is 7.27. The molecular weight excluding hydrogens is 406 g/mol. The van der Waals surface area contributed by atoms with Gasteiger partial charge >= 0.3 is 5.97 Å². The summed E-state index contributed by atoms with van der Waals surface area (Å²) in [7, 11) is 0. The lowest BCUT2D eigenvalue weighted by atomic mass is 10.2. The molecule has 0 spiro atoms. The maximum atomic E-state index is 13.7. The topological polar surface area (TPSA) is 61.3 Å². The second-order valence-electron chi connectivity index (χ2n) is 5.59. The number of hydrogen-bond donors (Lipinski definition) is 0. The SMILES string of the molecule is CCOC(=O)c1cc(-c2ncc(F)cc2OCc2cc(F)cc(SC)c2)ns1. The first-order valence-corrected chi connectivity index (χ1v) is 10.3. The average molecular weight is 422 g/mol. The number of esters is 1. The number of hydrogen-bond acceptors (Lipinski definition) is 7. The van der Waals surface area contributed by atoms with Crippen LogP contribution in [0.3, 0.4) is 0 Å². The summed E-state index contributed by atoms with van der Waals surface area (Å²) < 4.78 is 42.2. The van der Waals surface area contributed by atoms with Crippen LogP contribution in [0, 0.1) is 11.6 Å². The maximum absolute atomic E-state index is 13.7. The van der Waals surface area contributed by atoms with Gasteiger partial charge in [-0.15, -0.1) is 11.8 Å². The molecule has 0 N–H and O–H groups in total. The van der Waals surface area contributed by atoms with Gasteiger partial charge in [0, 0.05) is 11.0 Å². The zero-order valence-electron chi connectivity index (χ0n) is 15.1. The Kier molecular flexibility index (Phi) is 6.58. The van der Waals surface area contributed by atoms with Crippen LogP contribution in [0.5, 0.6) is 5.75 Å². The molecule has 1 aromatic carbocycles. The molecule has 0 unspecified atom stereocenters. The van der Waals surface area contributed by atoms with E-state index in [0.717, 1.165) is 22.6 Å². The van der Waals surface area contributed by atoms with Crippen LogP contribution < -0.4 is 4.74 Å². The molecule has 9 heteroatoms. The van der Waals surface area contributed by atoms with E-state index in [1.807, 2.05) is 6.26 Å². The van der Waals surface area contributed by atoms with E-state index < -0.39 is 11.8 Å². The van der Waals surface area contributed by atoms with Crippen molar-refractivity contribution in [2.24, 2.45) is 0 Å². The van der Waals surface area contributed by atoms with Crippen molar-refractivity contribution in [3.63, 3.8) is 0 Å². The summed E-state index contributed by atoms with van der Waals surface area (Å²) in [6.07, 6.45) is 2.89. The van der Waals surface area contributed by atoms with Crippen LogP contribution in [0.25, 0.3) is 11.4 Å². The van der Waals surface area contributed by atoms with Crippen LogP contribution in [0.1, 0.15) is 22.2 Å². The highest BCUT2D eigenvalue weighted by Crippen LogP contribution is 2.30. The molecule has 3 rings (SSSR count). The number of carbonyl (C=O) groups is 1. The van der Waals surface area contributed by atoms with E-state index in [9.17, 15) is 13.6 Å². The highest BCUT2D eigenvalue weighted by molar-refractivity contribution is 7.98. The molecular formula is C19H16F2N2O3S2. The minimum Gasteiger partial charge on any atom is -0.486 e. The molecule has 0 atom stereocenters. The average Bonchev–Trinajstić information content (AvgIpc) is 3.16. The van der Waals surface area contributed by atoms with Gasteiger partial charge in [-0.3, -0.25) is 0 Å². The minimum atomic E-state index is -0.580. The van der Waals surface area contributed by atoms with Gasteiger partial charge in [0.1, 0.15) is 34.5 Å². The highest BCUT2D eigenvalue weighted by Gasteiger charge is 2.17. The largest absolute Gasteiger partial charge is 0.486 e. The van der Waals surface area contributed by atoms with Crippen molar-refractivity contribution in [2.75, 3.05) is 12.9 Å². The number of carbonyl (C=O) groups excluding carboxylic acids is 1. The lowest BCUT2D eigenvalue weighted by Crippen LogP contribution is -2.02. The zero-order chi connectivity index (χ0) is 20.1. The van der Waals surface area contributed by atoms with Crippen LogP contribution in [0.15, 0.2) is 41.4 Å². The Balaban J connectivity index is 1.85. The summed E-state index contributed by atoms with van der Waals surface area (Å²) in [5.74, 6) is -1.29. The lowest BCUT2D eigenvalue weighted by molar-refractivity contribution is 0.0532. The fourth-order valence-corrected chi connectivity index (χ4v) is 3.52. The summed E-state index contributed by atoms with van der Waals surface area (Å²) in [4.78, 5) is 16.9. The molecule has 0 radical (unpaired) electrons. The van der Waals surface area contributed by atoms with E-state index in [1.54, 1.807) is 13.0 Å². The highest BCUT2D eigenvalue weighted by atomic mass is 32.2. The lowest BCUT2D eigenvalue weighted by Gasteiger charge is -2.10. The summed E-state index contributed by atoms with van der Waals surface area (Å²) in [6.45, 7) is 1.99. The number of thioether (sulfide) groups is 1. The third-order valence-electron chi connectivity index (χ3n) is 3.61. The summed E-state index contributed by atoms with van der Waals surface area (Å²) in [5.41, 5.74) is 1.26. The van der Waals surface area contributed by atoms with Crippen LogP contribution >= 0.6 is 23.3 Å². The van der Waals surface area contributed by atoms with Gasteiger partial charge in [-0.2, -0.15) is 4.37 Å². The number of pyridine rings is 1. The quantitative estimate of drug-likeness (QED) is 0.396. The van der Waals surface area contributed by atoms with E-state index in [4.69, 9.17) is 9.47 Å². The van der Waals surface area contributed by atoms with Crippen molar-refractivity contribution in [1.29, 1.82) is 0 Å². The number of ether oxygens (including phenoxy) is 2. The Morgan fingerprint density at radius 2 is 2.00 bits per heavy atom. The fraction of sp³-hybridized carbons (Fsp3) is 0.211. The van der Waals surface area contributed by atoms with Gasteiger partial charge in [-0.05, 0) is 54.5 Å². The second kappa shape index (κ2) is 9.11. The van der Waals surface area contributed by atoms with Crippen LogP contribution in [-0.2, 0) is 11.3 Å². The van der Waals surface area contributed by atoms with Crippen molar-refractivity contribution in [3.8, 4) is 17.1 Å². The first kappa shape index (κ1) is 20.2. The van der Waals surface area contributed by atoms with Gasteiger partial charge < -0.3 is 9.47 Å². The van der Waals surface area contributed by atoms with E-state index in [2.05, 4.69) is 9.36 Å². The summed E-state index contributed by atoms with van der Waals surface area (Å²) >= 11 is 2.37. The molecule has 2 aromatic heterocycles. The molecule has 0 fully saturated rings. The Hall–Kier alpha value is -2.52. The van der Waals surface area contributed by atoms with Crippen molar-refractivity contribution in [3.05, 3.63) is 58.6 Å². The van der Waals surface area contributed by atoms with Crippen LogP contribution in [0.4, 0.5) is 8.78 Å². The normalized spacial score (nSPS) is 10.7. The van der Waals surface area contributed by atoms with E-state index in [1.165, 1.54) is 36.0 Å². The molecule has 3 aromatic rings. The first-order valence-electron chi connectivity index (χ1n) is 8.26. The van der Waals surface area contributed by atoms with E-state index >= 15 is 0 Å². The van der Waals surface area contributed by atoms with Crippen LogP contribution in [-0.4, -0.2) is 28.2 Å². The predicted molar refractivity (Wildman–Crippen MR) is 104 cm³/mol. The zero-order valence-corrected chi connectivity index (χ0v) is 16.7. The first-order chi connectivity index (χ1) is 13.5. The maximum Gasteiger partial charge on any atom is 0.349 e. The number of halogens is 2. The van der Waals surface area contributed by atoms with Gasteiger partial charge in [-0.25, -0.2) is 18.6 Å². The molecule has 0 aliphatic rings. The smallest absolute Gasteiger partial charge is 0.349 e. The number of benzene rings is 1. The molecule has 28 heavy (non-hydrogen) atoms. The van der Waals surface area contributed by atoms with Crippen molar-refractivity contribution in [1.82, 2.24) is 9.36 Å². The molecule has 2 heterocycles. The molecule has 0 amide bonds. The Labute approximate surface area is 168 Å². The van der Waals surface area contributed by atoms with Gasteiger partial charge in [0.05, 0.1) is 12.8 Å². The number of rotatable bonds is 7. The molecule has 0 bridgehead atoms. The standard InChI is InChI=1S/C19H16F2N2O3S2/c1-3-25-19(24)17-8-15(23-28-17)18-16(7-13(21)9-22-18)26-10-11-4-12(20)6-14(5-11)27-2/h4-9H,3,10H2,1-2H3. The van der Waals surface area contributed by atoms with E-state index in [-0.39, 0.29) is 30.5 Å². The third-order valence-corrected chi connectivity index (χ3v) is 5.09. The van der Waals surface area contributed by atoms with Crippen LogP contribution in [0.2, 0.25) is 0 Å². The number of nitrogens with zero attached hydrogens (tertiary/aromatic N) is 2. The predicted octanol–water partition coefficient (Wildman–Crippen LogP) is 4.96. The Morgan fingerprint density at radius 3 is 2.75 bits per heavy atom. The molecule has 0 saturated heterocycles. The Morgan fingerprint density at radius 1 is 1.18 bits per heavy atom. The van der Waals surface area contributed by atoms with Crippen molar-refractivity contribution < 1.29 is 23.0 Å². The third kappa shape index (κ3) is 4.85. The van der Waals surface area contributed by atoms with Gasteiger partial charge in [0.15, 0.2) is 5.75 Å². The van der Waals surface area contributed by atoms with Gasteiger partial charge in [-0.1, -0.05) is 0 Å². The molecule has 0 saturated carbocycles. The molecule has 0 aliphatic heterocycles. The summed E-state index contributed by atoms with van der Waals surface area (Å²) in [5, 5.41) is 0. The van der Waals surface area contributed by atoms with Crippen molar-refractivity contribution in [2.45, 2.75) is 18.4 Å². The van der Waals surface area contributed by atoms with Crippen molar-refractivity contribution >= 4 is 29.3 Å². The number of aromatic nitrogens is 2. The van der Waals surface area contributed by atoms with E-state index in [0.29, 0.717) is 16.1 Å². The fourth-order valence-electron chi connectivity index (χ4n) is 2.39. The van der Waals surface area contributed by atoms with Gasteiger partial charge in [0.25, 0.3) is 0 Å². The molecule has 146 valence electrons. The van der Waals surface area contributed by atoms with Gasteiger partial charge in [0.2, 0.25) is 0 Å². The second-order valence-corrected chi connectivity index (χ2v) is 7.27.